The van der Waals surface area contributed by atoms with Crippen molar-refractivity contribution in [2.75, 3.05) is 6.61 Å². The lowest BCUT2D eigenvalue weighted by Gasteiger charge is -2.01. The maximum Gasteiger partial charge on any atom is 0.343 e. The zero-order valence-corrected chi connectivity index (χ0v) is 8.89. The lowest BCUT2D eigenvalue weighted by Crippen LogP contribution is -2.07. The molecule has 0 aliphatic heterocycles. The molecule has 0 amide bonds. The fourth-order valence-corrected chi connectivity index (χ4v) is 1.28. The number of halogens is 3. The third-order valence-corrected chi connectivity index (χ3v) is 2.12. The second-order valence-electron chi connectivity index (χ2n) is 2.70. The molecule has 4 nitrogen and oxygen atoms in total. The molecule has 0 N–H and O–H groups in total. The molecule has 0 bridgehead atoms. The summed E-state index contributed by atoms with van der Waals surface area (Å²) in [5.41, 5.74) is -1.02. The Morgan fingerprint density at radius 3 is 2.73 bits per heavy atom. The van der Waals surface area contributed by atoms with E-state index < -0.39 is 18.1 Å². The molecule has 0 unspecified atom stereocenters. The van der Waals surface area contributed by atoms with Crippen molar-refractivity contribution < 1.29 is 18.3 Å². The van der Waals surface area contributed by atoms with Crippen molar-refractivity contribution in [2.24, 2.45) is 7.05 Å². The molecule has 15 heavy (non-hydrogen) atoms. The van der Waals surface area contributed by atoms with Crippen molar-refractivity contribution in [1.29, 1.82) is 0 Å². The summed E-state index contributed by atoms with van der Waals surface area (Å²) in [5.74, 6) is -0.883. The third-order valence-electron chi connectivity index (χ3n) is 1.69. The van der Waals surface area contributed by atoms with Gasteiger partial charge in [0.1, 0.15) is 16.4 Å². The molecule has 84 valence electrons. The van der Waals surface area contributed by atoms with Gasteiger partial charge in [0, 0.05) is 7.05 Å². The van der Waals surface area contributed by atoms with Gasteiger partial charge in [-0.2, -0.15) is 5.10 Å². The average Bonchev–Trinajstić information content (AvgIpc) is 2.44. The molecule has 7 heteroatoms. The zero-order valence-electron chi connectivity index (χ0n) is 8.13. The van der Waals surface area contributed by atoms with Crippen LogP contribution >= 0.6 is 11.6 Å². The highest BCUT2D eigenvalue weighted by Gasteiger charge is 2.27. The predicted molar refractivity (Wildman–Crippen MR) is 49.1 cm³/mol. The van der Waals surface area contributed by atoms with Gasteiger partial charge in [0.05, 0.1) is 6.61 Å². The van der Waals surface area contributed by atoms with Crippen molar-refractivity contribution in [3.05, 3.63) is 16.4 Å². The average molecular weight is 239 g/mol. The van der Waals surface area contributed by atoms with Gasteiger partial charge >= 0.3 is 5.97 Å². The fourth-order valence-electron chi connectivity index (χ4n) is 1.07. The summed E-state index contributed by atoms with van der Waals surface area (Å²) in [4.78, 5) is 11.3. The number of esters is 1. The lowest BCUT2D eigenvalue weighted by molar-refractivity contribution is 0.0515. The monoisotopic (exact) mass is 238 g/mol. The Balaban J connectivity index is 3.19. The number of aryl methyl sites for hydroxylation is 1. The van der Waals surface area contributed by atoms with Crippen LogP contribution in [0.2, 0.25) is 5.15 Å². The van der Waals surface area contributed by atoms with Crippen LogP contribution in [-0.2, 0) is 11.8 Å². The highest BCUT2D eigenvalue weighted by atomic mass is 35.5. The molecule has 0 radical (unpaired) electrons. The van der Waals surface area contributed by atoms with Crippen LogP contribution in [-0.4, -0.2) is 22.4 Å². The standard InChI is InChI=1S/C8H9ClF2N2O2/c1-3-15-8(14)4-5(7(10)11)12-13(2)6(4)9/h7H,3H2,1-2H3. The van der Waals surface area contributed by atoms with Crippen LogP contribution in [0.1, 0.15) is 29.4 Å². The molecule has 1 heterocycles. The minimum atomic E-state index is -2.86. The summed E-state index contributed by atoms with van der Waals surface area (Å²) in [5, 5.41) is 3.30. The number of rotatable bonds is 3. The number of carbonyl (C=O) groups excluding carboxylic acids is 1. The number of alkyl halides is 2. The third kappa shape index (κ3) is 2.26. The zero-order chi connectivity index (χ0) is 11.6. The molecule has 1 aromatic rings. The number of ether oxygens (including phenoxy) is 1. The molecule has 1 aromatic heterocycles. The van der Waals surface area contributed by atoms with Crippen LogP contribution in [0.15, 0.2) is 0 Å². The number of hydrogen-bond donors (Lipinski definition) is 0. The molecule has 0 aliphatic rings. The maximum atomic E-state index is 12.5. The first-order valence-corrected chi connectivity index (χ1v) is 4.54. The minimum absolute atomic E-state index is 0.0900. The van der Waals surface area contributed by atoms with Gasteiger partial charge in [-0.15, -0.1) is 0 Å². The first kappa shape index (κ1) is 11.9. The van der Waals surface area contributed by atoms with Crippen LogP contribution < -0.4 is 0 Å². The van der Waals surface area contributed by atoms with Crippen LogP contribution in [0.25, 0.3) is 0 Å². The highest BCUT2D eigenvalue weighted by molar-refractivity contribution is 6.32. The van der Waals surface area contributed by atoms with Gasteiger partial charge in [0.2, 0.25) is 0 Å². The van der Waals surface area contributed by atoms with E-state index in [0.29, 0.717) is 0 Å². The van der Waals surface area contributed by atoms with E-state index in [2.05, 4.69) is 9.84 Å². The van der Waals surface area contributed by atoms with Gasteiger partial charge < -0.3 is 4.74 Å². The van der Waals surface area contributed by atoms with Gasteiger partial charge in [-0.25, -0.2) is 13.6 Å². The van der Waals surface area contributed by atoms with E-state index in [1.807, 2.05) is 0 Å². The summed E-state index contributed by atoms with van der Waals surface area (Å²) in [6.45, 7) is 1.66. The van der Waals surface area contributed by atoms with Crippen LogP contribution in [0.4, 0.5) is 8.78 Å². The Labute approximate surface area is 89.8 Å². The van der Waals surface area contributed by atoms with Crippen LogP contribution in [0, 0.1) is 0 Å². The molecule has 0 spiro atoms. The highest BCUT2D eigenvalue weighted by Crippen LogP contribution is 2.27. The maximum absolute atomic E-state index is 12.5. The molecule has 0 saturated heterocycles. The predicted octanol–water partition coefficient (Wildman–Crippen LogP) is 2.19. The van der Waals surface area contributed by atoms with Crippen molar-refractivity contribution >= 4 is 17.6 Å². The SMILES string of the molecule is CCOC(=O)c1c(C(F)F)nn(C)c1Cl. The van der Waals surface area contributed by atoms with Crippen LogP contribution in [0.5, 0.6) is 0 Å². The van der Waals surface area contributed by atoms with E-state index in [0.717, 1.165) is 4.68 Å². The second kappa shape index (κ2) is 4.57. The Morgan fingerprint density at radius 1 is 1.67 bits per heavy atom. The first-order valence-electron chi connectivity index (χ1n) is 4.16. The smallest absolute Gasteiger partial charge is 0.343 e. The Hall–Kier alpha value is -1.17. The van der Waals surface area contributed by atoms with Gasteiger partial charge in [-0.3, -0.25) is 4.68 Å². The molecule has 0 saturated carbocycles. The lowest BCUT2D eigenvalue weighted by atomic mass is 10.2. The molecule has 1 rings (SSSR count). The number of hydrogen-bond acceptors (Lipinski definition) is 3. The Kier molecular flexibility index (Phi) is 3.62. The first-order chi connectivity index (χ1) is 6.99. The molecular formula is C8H9ClF2N2O2. The Bertz CT molecular complexity index is 379. The van der Waals surface area contributed by atoms with Gasteiger partial charge in [0.25, 0.3) is 6.43 Å². The van der Waals surface area contributed by atoms with Crippen molar-refractivity contribution in [3.8, 4) is 0 Å². The van der Waals surface area contributed by atoms with Crippen molar-refractivity contribution in [1.82, 2.24) is 9.78 Å². The largest absolute Gasteiger partial charge is 0.462 e. The van der Waals surface area contributed by atoms with Gasteiger partial charge in [0.15, 0.2) is 0 Å². The normalized spacial score (nSPS) is 10.8. The van der Waals surface area contributed by atoms with Gasteiger partial charge in [-0.05, 0) is 6.92 Å². The summed E-state index contributed by atoms with van der Waals surface area (Å²) >= 11 is 5.65. The second-order valence-corrected chi connectivity index (χ2v) is 3.05. The van der Waals surface area contributed by atoms with E-state index in [1.165, 1.54) is 7.05 Å². The summed E-state index contributed by atoms with van der Waals surface area (Å²) in [6.07, 6.45) is -2.86. The summed E-state index contributed by atoms with van der Waals surface area (Å²) < 4.78 is 30.6. The van der Waals surface area contributed by atoms with E-state index in [1.54, 1.807) is 6.92 Å². The molecule has 0 aromatic carbocycles. The quantitative estimate of drug-likeness (QED) is 0.758. The fraction of sp³-hybridized carbons (Fsp3) is 0.500. The van der Waals surface area contributed by atoms with E-state index in [9.17, 15) is 13.6 Å². The summed E-state index contributed by atoms with van der Waals surface area (Å²) in [7, 11) is 1.37. The van der Waals surface area contributed by atoms with Crippen molar-refractivity contribution in [2.45, 2.75) is 13.3 Å². The van der Waals surface area contributed by atoms with E-state index in [-0.39, 0.29) is 17.3 Å². The molecule has 0 fully saturated rings. The number of carbonyl (C=O) groups is 1. The van der Waals surface area contributed by atoms with E-state index in [4.69, 9.17) is 11.6 Å². The number of nitrogens with zero attached hydrogens (tertiary/aromatic N) is 2. The molecular weight excluding hydrogens is 230 g/mol. The topological polar surface area (TPSA) is 44.1 Å². The number of aromatic nitrogens is 2. The molecule has 0 aliphatic carbocycles. The Morgan fingerprint density at radius 2 is 2.27 bits per heavy atom. The van der Waals surface area contributed by atoms with Gasteiger partial charge in [-0.1, -0.05) is 11.6 Å². The summed E-state index contributed by atoms with van der Waals surface area (Å²) in [6, 6.07) is 0. The minimum Gasteiger partial charge on any atom is -0.462 e. The van der Waals surface area contributed by atoms with Crippen LogP contribution in [0.3, 0.4) is 0 Å². The van der Waals surface area contributed by atoms with E-state index >= 15 is 0 Å². The van der Waals surface area contributed by atoms with Crippen molar-refractivity contribution in [3.63, 3.8) is 0 Å². The molecule has 0 atom stereocenters.